The number of hydrogen-bond donors (Lipinski definition) is 1. The van der Waals surface area contributed by atoms with Gasteiger partial charge in [0.1, 0.15) is 5.69 Å². The highest BCUT2D eigenvalue weighted by Crippen LogP contribution is 2.21. The average Bonchev–Trinajstić information content (AvgIpc) is 2.88. The van der Waals surface area contributed by atoms with Crippen LogP contribution in [0.5, 0.6) is 0 Å². The lowest BCUT2D eigenvalue weighted by molar-refractivity contribution is 0.0520. The van der Waals surface area contributed by atoms with Crippen LogP contribution in [0.3, 0.4) is 0 Å². The molecule has 0 spiro atoms. The van der Waals surface area contributed by atoms with Crippen LogP contribution in [0.4, 0.5) is 0 Å². The Kier molecular flexibility index (Phi) is 4.50. The minimum atomic E-state index is -0.456. The first-order valence-corrected chi connectivity index (χ1v) is 6.79. The number of H-pyrrole nitrogens is 1. The van der Waals surface area contributed by atoms with E-state index in [0.29, 0.717) is 18.2 Å². The summed E-state index contributed by atoms with van der Waals surface area (Å²) in [6.45, 7) is 6.45. The molecule has 0 amide bonds. The Morgan fingerprint density at radius 1 is 1.25 bits per heavy atom. The normalized spacial score (nSPS) is 10.8. The molecular weight excluding hydrogens is 254 g/mol. The van der Waals surface area contributed by atoms with Crippen LogP contribution in [-0.2, 0) is 11.2 Å². The van der Waals surface area contributed by atoms with Crippen molar-refractivity contribution in [2.45, 2.75) is 27.2 Å². The van der Waals surface area contributed by atoms with E-state index in [1.807, 2.05) is 12.1 Å². The Morgan fingerprint density at radius 2 is 1.95 bits per heavy atom. The zero-order valence-electron chi connectivity index (χ0n) is 12.0. The fourth-order valence-electron chi connectivity index (χ4n) is 2.04. The van der Waals surface area contributed by atoms with Crippen molar-refractivity contribution >= 4 is 5.97 Å². The topological polar surface area (TPSA) is 67.9 Å². The van der Waals surface area contributed by atoms with E-state index in [1.165, 1.54) is 5.56 Å². The maximum Gasteiger partial charge on any atom is 0.361 e. The Labute approximate surface area is 118 Å². The van der Waals surface area contributed by atoms with Gasteiger partial charge in [0.2, 0.25) is 0 Å². The molecular formula is C15H19N3O2. The van der Waals surface area contributed by atoms with Crippen LogP contribution in [0.25, 0.3) is 11.3 Å². The second-order valence-electron chi connectivity index (χ2n) is 5.04. The third-order valence-electron chi connectivity index (χ3n) is 2.89. The number of hydrogen-bond acceptors (Lipinski definition) is 4. The Balaban J connectivity index is 2.24. The predicted octanol–water partition coefficient (Wildman–Crippen LogP) is 2.85. The summed E-state index contributed by atoms with van der Waals surface area (Å²) < 4.78 is 4.96. The van der Waals surface area contributed by atoms with Crippen molar-refractivity contribution in [3.05, 3.63) is 35.5 Å². The van der Waals surface area contributed by atoms with Gasteiger partial charge in [-0.2, -0.15) is 10.3 Å². The molecule has 5 heteroatoms. The molecule has 106 valence electrons. The van der Waals surface area contributed by atoms with Gasteiger partial charge >= 0.3 is 5.97 Å². The summed E-state index contributed by atoms with van der Waals surface area (Å²) in [5.74, 6) is 0.158. The average molecular weight is 273 g/mol. The molecule has 0 radical (unpaired) electrons. The number of rotatable bonds is 5. The molecule has 0 atom stereocenters. The molecule has 0 saturated carbocycles. The number of benzene rings is 1. The maximum atomic E-state index is 11.8. The maximum absolute atomic E-state index is 11.8. The second-order valence-corrected chi connectivity index (χ2v) is 5.04. The quantitative estimate of drug-likeness (QED) is 0.850. The van der Waals surface area contributed by atoms with Gasteiger partial charge in [0, 0.05) is 5.56 Å². The zero-order chi connectivity index (χ0) is 14.5. The summed E-state index contributed by atoms with van der Waals surface area (Å²) in [4.78, 5) is 11.8. The Bertz CT molecular complexity index is 573. The van der Waals surface area contributed by atoms with E-state index < -0.39 is 5.97 Å². The molecule has 0 aliphatic heterocycles. The van der Waals surface area contributed by atoms with Crippen LogP contribution in [0.2, 0.25) is 0 Å². The van der Waals surface area contributed by atoms with E-state index >= 15 is 0 Å². The van der Waals surface area contributed by atoms with Crippen LogP contribution >= 0.6 is 0 Å². The van der Waals surface area contributed by atoms with Crippen molar-refractivity contribution in [3.8, 4) is 11.3 Å². The van der Waals surface area contributed by atoms with Gasteiger partial charge in [0.05, 0.1) is 6.61 Å². The molecule has 1 aromatic heterocycles. The number of carbonyl (C=O) groups excluding carboxylic acids is 1. The van der Waals surface area contributed by atoms with Crippen molar-refractivity contribution in [1.29, 1.82) is 0 Å². The van der Waals surface area contributed by atoms with Gasteiger partial charge in [-0.1, -0.05) is 38.1 Å². The van der Waals surface area contributed by atoms with E-state index in [4.69, 9.17) is 4.74 Å². The number of esters is 1. The van der Waals surface area contributed by atoms with Crippen LogP contribution in [0.15, 0.2) is 24.3 Å². The number of nitrogens with zero attached hydrogens (tertiary/aromatic N) is 2. The highest BCUT2D eigenvalue weighted by molar-refractivity contribution is 5.93. The zero-order valence-corrected chi connectivity index (χ0v) is 12.0. The fraction of sp³-hybridized carbons (Fsp3) is 0.400. The lowest BCUT2D eigenvalue weighted by Crippen LogP contribution is -2.06. The van der Waals surface area contributed by atoms with Gasteiger partial charge < -0.3 is 4.74 Å². The molecule has 20 heavy (non-hydrogen) atoms. The monoisotopic (exact) mass is 273 g/mol. The van der Waals surface area contributed by atoms with Crippen molar-refractivity contribution in [3.63, 3.8) is 0 Å². The largest absolute Gasteiger partial charge is 0.461 e. The summed E-state index contributed by atoms with van der Waals surface area (Å²) in [5, 5.41) is 10.4. The van der Waals surface area contributed by atoms with Crippen LogP contribution in [0, 0.1) is 5.92 Å². The van der Waals surface area contributed by atoms with E-state index in [0.717, 1.165) is 12.0 Å². The predicted molar refractivity (Wildman–Crippen MR) is 76.3 cm³/mol. The highest BCUT2D eigenvalue weighted by atomic mass is 16.5. The van der Waals surface area contributed by atoms with E-state index in [1.54, 1.807) is 6.92 Å². The number of ether oxygens (including phenoxy) is 1. The number of aromatic nitrogens is 3. The van der Waals surface area contributed by atoms with Crippen molar-refractivity contribution in [1.82, 2.24) is 15.4 Å². The molecule has 1 heterocycles. The molecule has 0 fully saturated rings. The van der Waals surface area contributed by atoms with Gasteiger partial charge in [0.25, 0.3) is 0 Å². The summed E-state index contributed by atoms with van der Waals surface area (Å²) in [6.07, 6.45) is 1.03. The van der Waals surface area contributed by atoms with Gasteiger partial charge in [-0.3, -0.25) is 0 Å². The highest BCUT2D eigenvalue weighted by Gasteiger charge is 2.18. The molecule has 1 N–H and O–H groups in total. The lowest BCUT2D eigenvalue weighted by atomic mass is 10.0. The molecule has 0 unspecified atom stereocenters. The summed E-state index contributed by atoms with van der Waals surface area (Å²) >= 11 is 0. The molecule has 2 rings (SSSR count). The standard InChI is InChI=1S/C15H19N3O2/c1-4-20-15(19)14-13(16-18-17-14)12-7-5-11(6-8-12)9-10(2)3/h5-8,10H,4,9H2,1-3H3,(H,16,17,18). The van der Waals surface area contributed by atoms with Gasteiger partial charge in [-0.05, 0) is 24.8 Å². The third-order valence-corrected chi connectivity index (χ3v) is 2.89. The van der Waals surface area contributed by atoms with Crippen molar-refractivity contribution < 1.29 is 9.53 Å². The van der Waals surface area contributed by atoms with Gasteiger partial charge in [0.15, 0.2) is 5.69 Å². The molecule has 2 aromatic rings. The minimum Gasteiger partial charge on any atom is -0.461 e. The lowest BCUT2D eigenvalue weighted by Gasteiger charge is -2.06. The first-order chi connectivity index (χ1) is 9.61. The summed E-state index contributed by atoms with van der Waals surface area (Å²) in [5.41, 5.74) is 2.88. The number of carbonyl (C=O) groups is 1. The van der Waals surface area contributed by atoms with Crippen molar-refractivity contribution in [2.75, 3.05) is 6.61 Å². The molecule has 0 bridgehead atoms. The number of aromatic amines is 1. The van der Waals surface area contributed by atoms with Crippen LogP contribution < -0.4 is 0 Å². The van der Waals surface area contributed by atoms with Crippen molar-refractivity contribution in [2.24, 2.45) is 5.92 Å². The molecule has 5 nitrogen and oxygen atoms in total. The van der Waals surface area contributed by atoms with E-state index in [2.05, 4.69) is 41.4 Å². The summed E-state index contributed by atoms with van der Waals surface area (Å²) in [6, 6.07) is 8.02. The second kappa shape index (κ2) is 6.32. The molecule has 0 saturated heterocycles. The molecule has 0 aliphatic rings. The van der Waals surface area contributed by atoms with E-state index in [9.17, 15) is 4.79 Å². The third kappa shape index (κ3) is 3.23. The smallest absolute Gasteiger partial charge is 0.361 e. The molecule has 0 aliphatic carbocycles. The minimum absolute atomic E-state index is 0.225. The van der Waals surface area contributed by atoms with Crippen LogP contribution in [-0.4, -0.2) is 28.0 Å². The van der Waals surface area contributed by atoms with Gasteiger partial charge in [-0.25, -0.2) is 4.79 Å². The Hall–Kier alpha value is -2.17. The first kappa shape index (κ1) is 14.2. The van der Waals surface area contributed by atoms with Crippen LogP contribution in [0.1, 0.15) is 36.8 Å². The Morgan fingerprint density at radius 3 is 2.55 bits per heavy atom. The fourth-order valence-corrected chi connectivity index (χ4v) is 2.04. The summed E-state index contributed by atoms with van der Waals surface area (Å²) in [7, 11) is 0. The number of nitrogens with one attached hydrogen (secondary N) is 1. The van der Waals surface area contributed by atoms with E-state index in [-0.39, 0.29) is 5.69 Å². The first-order valence-electron chi connectivity index (χ1n) is 6.79. The van der Waals surface area contributed by atoms with Gasteiger partial charge in [-0.15, -0.1) is 5.10 Å². The molecule has 1 aromatic carbocycles. The SMILES string of the molecule is CCOC(=O)c1n[nH]nc1-c1ccc(CC(C)C)cc1.